The van der Waals surface area contributed by atoms with E-state index in [9.17, 15) is 0 Å². The molecule has 0 amide bonds. The van der Waals surface area contributed by atoms with Gasteiger partial charge in [-0.3, -0.25) is 0 Å². The fourth-order valence-electron chi connectivity index (χ4n) is 2.60. The highest BCUT2D eigenvalue weighted by molar-refractivity contribution is 5.67. The van der Waals surface area contributed by atoms with Gasteiger partial charge < -0.3 is 4.57 Å². The van der Waals surface area contributed by atoms with E-state index in [1.165, 1.54) is 5.57 Å². The lowest BCUT2D eigenvalue weighted by Crippen LogP contribution is -2.10. The Balaban J connectivity index is 2.15. The van der Waals surface area contributed by atoms with Crippen molar-refractivity contribution < 1.29 is 0 Å². The molecule has 0 fully saturated rings. The molecule has 1 aliphatic rings. The molecule has 0 bridgehead atoms. The maximum absolute atomic E-state index is 4.59. The monoisotopic (exact) mass is 254 g/mol. The summed E-state index contributed by atoms with van der Waals surface area (Å²) in [4.78, 5) is 13.4. The maximum Gasteiger partial charge on any atom is 0.136 e. The highest BCUT2D eigenvalue weighted by Gasteiger charge is 2.19. The molecular formula is C15H18N4. The Kier molecular flexibility index (Phi) is 2.93. The molecule has 0 saturated carbocycles. The molecule has 2 aromatic rings. The molecule has 0 saturated heterocycles. The van der Waals surface area contributed by atoms with E-state index in [1.807, 2.05) is 26.2 Å². The van der Waals surface area contributed by atoms with Crippen molar-refractivity contribution in [3.63, 3.8) is 0 Å². The molecule has 4 heteroatoms. The number of hydrogen-bond donors (Lipinski definition) is 0. The van der Waals surface area contributed by atoms with Crippen molar-refractivity contribution in [1.82, 2.24) is 19.5 Å². The lowest BCUT2D eigenvalue weighted by molar-refractivity contribution is 0.682. The Labute approximate surface area is 113 Å². The van der Waals surface area contributed by atoms with Crippen LogP contribution in [0.2, 0.25) is 0 Å². The Morgan fingerprint density at radius 1 is 1.21 bits per heavy atom. The van der Waals surface area contributed by atoms with Crippen LogP contribution in [0.25, 0.3) is 17.0 Å². The molecule has 19 heavy (non-hydrogen) atoms. The molecule has 3 heterocycles. The highest BCUT2D eigenvalue weighted by Crippen LogP contribution is 2.29. The van der Waals surface area contributed by atoms with Gasteiger partial charge in [-0.1, -0.05) is 13.0 Å². The average Bonchev–Trinajstić information content (AvgIpc) is 2.85. The normalized spacial score (nSPS) is 14.2. The van der Waals surface area contributed by atoms with E-state index in [0.717, 1.165) is 48.0 Å². The number of aryl methyl sites for hydroxylation is 2. The fourth-order valence-corrected chi connectivity index (χ4v) is 2.60. The van der Waals surface area contributed by atoms with Gasteiger partial charge >= 0.3 is 0 Å². The van der Waals surface area contributed by atoms with E-state index in [4.69, 9.17) is 0 Å². The van der Waals surface area contributed by atoms with Crippen molar-refractivity contribution in [1.29, 1.82) is 0 Å². The summed E-state index contributed by atoms with van der Waals surface area (Å²) in [6.07, 6.45) is 8.22. The smallest absolute Gasteiger partial charge is 0.136 e. The summed E-state index contributed by atoms with van der Waals surface area (Å²) >= 11 is 0. The van der Waals surface area contributed by atoms with Crippen LogP contribution in [0.4, 0.5) is 0 Å². The summed E-state index contributed by atoms with van der Waals surface area (Å²) in [6, 6.07) is 0. The molecule has 0 unspecified atom stereocenters. The van der Waals surface area contributed by atoms with Gasteiger partial charge in [0.15, 0.2) is 0 Å². The Morgan fingerprint density at radius 2 is 2.05 bits per heavy atom. The molecule has 0 aliphatic carbocycles. The van der Waals surface area contributed by atoms with Crippen LogP contribution in [-0.4, -0.2) is 19.5 Å². The van der Waals surface area contributed by atoms with E-state index in [0.29, 0.717) is 0 Å². The molecule has 3 rings (SSSR count). The minimum absolute atomic E-state index is 0.804. The van der Waals surface area contributed by atoms with Gasteiger partial charge in [-0.2, -0.15) is 0 Å². The summed E-state index contributed by atoms with van der Waals surface area (Å²) < 4.78 is 2.29. The van der Waals surface area contributed by atoms with Gasteiger partial charge in [-0.15, -0.1) is 0 Å². The topological polar surface area (TPSA) is 43.6 Å². The van der Waals surface area contributed by atoms with Crippen molar-refractivity contribution in [2.24, 2.45) is 0 Å². The van der Waals surface area contributed by atoms with Crippen molar-refractivity contribution >= 4 is 5.57 Å². The first kappa shape index (κ1) is 12.1. The fraction of sp³-hybridized carbons (Fsp3) is 0.400. The van der Waals surface area contributed by atoms with Crippen LogP contribution in [-0.2, 0) is 6.54 Å². The molecule has 4 nitrogen and oxygen atoms in total. The zero-order chi connectivity index (χ0) is 13.4. The molecule has 0 spiro atoms. The predicted molar refractivity (Wildman–Crippen MR) is 75.6 cm³/mol. The molecule has 2 aromatic heterocycles. The third-order valence-electron chi connectivity index (χ3n) is 3.60. The van der Waals surface area contributed by atoms with E-state index in [1.54, 1.807) is 0 Å². The zero-order valence-electron chi connectivity index (χ0n) is 11.6. The largest absolute Gasteiger partial charge is 0.323 e. The third-order valence-corrected chi connectivity index (χ3v) is 3.60. The number of imidazole rings is 1. The number of rotatable bonds is 2. The van der Waals surface area contributed by atoms with Crippen molar-refractivity contribution in [3.8, 4) is 11.4 Å². The van der Waals surface area contributed by atoms with Gasteiger partial charge in [0.2, 0.25) is 0 Å². The zero-order valence-corrected chi connectivity index (χ0v) is 11.6. The summed E-state index contributed by atoms with van der Waals surface area (Å²) in [5.74, 6) is 1.90. The quantitative estimate of drug-likeness (QED) is 0.826. The third kappa shape index (κ3) is 1.97. The minimum Gasteiger partial charge on any atom is -0.323 e. The number of aromatic nitrogens is 4. The van der Waals surface area contributed by atoms with Crippen LogP contribution >= 0.6 is 0 Å². The molecular weight excluding hydrogens is 236 g/mol. The Hall–Kier alpha value is -1.97. The first-order valence-electron chi connectivity index (χ1n) is 6.76. The Bertz CT molecular complexity index is 652. The molecule has 0 N–H and O–H groups in total. The van der Waals surface area contributed by atoms with Crippen LogP contribution in [0, 0.1) is 13.8 Å². The second-order valence-electron chi connectivity index (χ2n) is 4.94. The molecule has 0 atom stereocenters. The van der Waals surface area contributed by atoms with Gasteiger partial charge in [0.05, 0.1) is 17.6 Å². The van der Waals surface area contributed by atoms with Crippen molar-refractivity contribution in [2.45, 2.75) is 40.2 Å². The highest BCUT2D eigenvalue weighted by atomic mass is 15.1. The van der Waals surface area contributed by atoms with Gasteiger partial charge in [-0.25, -0.2) is 15.0 Å². The van der Waals surface area contributed by atoms with Gasteiger partial charge in [0, 0.05) is 12.7 Å². The number of allylic oxidation sites excluding steroid dienone is 2. The van der Waals surface area contributed by atoms with Crippen molar-refractivity contribution in [2.75, 3.05) is 0 Å². The summed E-state index contributed by atoms with van der Waals surface area (Å²) in [6.45, 7) is 7.13. The summed E-state index contributed by atoms with van der Waals surface area (Å²) in [5, 5.41) is 0. The predicted octanol–water partition coefficient (Wildman–Crippen LogP) is 3.15. The SMILES string of the molecule is CCC1=CCCn2c(-c3nc(C)ncc3C)cnc21. The second-order valence-corrected chi connectivity index (χ2v) is 4.94. The van der Waals surface area contributed by atoms with Gasteiger partial charge in [0.25, 0.3) is 0 Å². The van der Waals surface area contributed by atoms with E-state index >= 15 is 0 Å². The molecule has 0 radical (unpaired) electrons. The van der Waals surface area contributed by atoms with Crippen LogP contribution < -0.4 is 0 Å². The van der Waals surface area contributed by atoms with Crippen LogP contribution in [0.1, 0.15) is 37.0 Å². The van der Waals surface area contributed by atoms with E-state index in [2.05, 4.69) is 32.5 Å². The Morgan fingerprint density at radius 3 is 2.84 bits per heavy atom. The maximum atomic E-state index is 4.59. The first-order chi connectivity index (χ1) is 9.20. The molecule has 1 aliphatic heterocycles. The number of fused-ring (bicyclic) bond motifs is 1. The lowest BCUT2D eigenvalue weighted by Gasteiger charge is -2.17. The molecule has 0 aromatic carbocycles. The van der Waals surface area contributed by atoms with E-state index < -0.39 is 0 Å². The number of hydrogen-bond acceptors (Lipinski definition) is 3. The second kappa shape index (κ2) is 4.61. The summed E-state index contributed by atoms with van der Waals surface area (Å²) in [7, 11) is 0. The lowest BCUT2D eigenvalue weighted by atomic mass is 10.1. The number of nitrogens with zero attached hydrogens (tertiary/aromatic N) is 4. The van der Waals surface area contributed by atoms with E-state index in [-0.39, 0.29) is 0 Å². The van der Waals surface area contributed by atoms with Crippen LogP contribution in [0.5, 0.6) is 0 Å². The molecule has 98 valence electrons. The van der Waals surface area contributed by atoms with Crippen molar-refractivity contribution in [3.05, 3.63) is 35.7 Å². The first-order valence-corrected chi connectivity index (χ1v) is 6.76. The standard InChI is InChI=1S/C15H18N4/c1-4-12-6-5-7-19-13(9-17-15(12)19)14-10(2)8-16-11(3)18-14/h6,8-9H,4-5,7H2,1-3H3. The van der Waals surface area contributed by atoms with Gasteiger partial charge in [-0.05, 0) is 37.8 Å². The van der Waals surface area contributed by atoms with Crippen LogP contribution in [0.15, 0.2) is 18.5 Å². The average molecular weight is 254 g/mol. The minimum atomic E-state index is 0.804. The van der Waals surface area contributed by atoms with Crippen LogP contribution in [0.3, 0.4) is 0 Å². The van der Waals surface area contributed by atoms with Gasteiger partial charge in [0.1, 0.15) is 11.6 Å². The summed E-state index contributed by atoms with van der Waals surface area (Å²) in [5.41, 5.74) is 4.54.